The Morgan fingerprint density at radius 2 is 1.91 bits per heavy atom. The summed E-state index contributed by atoms with van der Waals surface area (Å²) in [4.78, 5) is 3.96. The second-order valence-electron chi connectivity index (χ2n) is 5.90. The Labute approximate surface area is 137 Å². The summed E-state index contributed by atoms with van der Waals surface area (Å²) in [5.41, 5.74) is 3.17. The van der Waals surface area contributed by atoms with Gasteiger partial charge < -0.3 is 14.5 Å². The molecule has 4 nitrogen and oxygen atoms in total. The molecule has 0 bridgehead atoms. The van der Waals surface area contributed by atoms with Gasteiger partial charge in [0.2, 0.25) is 0 Å². The summed E-state index contributed by atoms with van der Waals surface area (Å²) in [6.45, 7) is 5.21. The minimum atomic E-state index is 0.745. The quantitative estimate of drug-likeness (QED) is 0.930. The van der Waals surface area contributed by atoms with E-state index in [1.165, 1.54) is 11.3 Å². The molecule has 2 aromatic rings. The Balaban J connectivity index is 1.61. The van der Waals surface area contributed by atoms with Crippen molar-refractivity contribution in [2.45, 2.75) is 6.54 Å². The van der Waals surface area contributed by atoms with Crippen LogP contribution in [0.5, 0.6) is 5.75 Å². The molecule has 0 radical (unpaired) electrons. The highest BCUT2D eigenvalue weighted by molar-refractivity contribution is 5.58. The van der Waals surface area contributed by atoms with Crippen molar-refractivity contribution in [1.29, 1.82) is 5.26 Å². The minimum Gasteiger partial charge on any atom is -0.495 e. The molecule has 0 atom stereocenters. The average Bonchev–Trinajstić information content (AvgIpc) is 2.62. The third-order valence-electron chi connectivity index (χ3n) is 4.41. The van der Waals surface area contributed by atoms with Crippen molar-refractivity contribution in [3.05, 3.63) is 59.7 Å². The number of benzene rings is 2. The summed E-state index contributed by atoms with van der Waals surface area (Å²) >= 11 is 0. The van der Waals surface area contributed by atoms with E-state index < -0.39 is 0 Å². The van der Waals surface area contributed by atoms with E-state index in [2.05, 4.69) is 29.2 Å². The predicted octanol–water partition coefficient (Wildman–Crippen LogP) is 1.47. The van der Waals surface area contributed by atoms with Gasteiger partial charge in [-0.05, 0) is 24.3 Å². The molecule has 1 fully saturated rings. The van der Waals surface area contributed by atoms with Crippen LogP contribution in [0.2, 0.25) is 0 Å². The van der Waals surface area contributed by atoms with Crippen molar-refractivity contribution in [1.82, 2.24) is 0 Å². The molecule has 0 spiro atoms. The molecule has 4 heteroatoms. The minimum absolute atomic E-state index is 0.745. The molecule has 1 N–H and O–H groups in total. The summed E-state index contributed by atoms with van der Waals surface area (Å²) in [6.07, 6.45) is 0. The van der Waals surface area contributed by atoms with E-state index in [1.54, 1.807) is 12.0 Å². The van der Waals surface area contributed by atoms with Crippen molar-refractivity contribution < 1.29 is 9.64 Å². The molecule has 1 saturated heterocycles. The van der Waals surface area contributed by atoms with Gasteiger partial charge in [-0.25, -0.2) is 0 Å². The lowest BCUT2D eigenvalue weighted by Gasteiger charge is -2.34. The molecule has 0 aliphatic carbocycles. The zero-order chi connectivity index (χ0) is 16.1. The van der Waals surface area contributed by atoms with Gasteiger partial charge in [-0.2, -0.15) is 5.26 Å². The normalized spacial score (nSPS) is 15.2. The van der Waals surface area contributed by atoms with E-state index >= 15 is 0 Å². The molecule has 1 heterocycles. The summed E-state index contributed by atoms with van der Waals surface area (Å²) in [5.74, 6) is 0.942. The molecule has 0 unspecified atom stereocenters. The lowest BCUT2D eigenvalue weighted by Crippen LogP contribution is -3.13. The van der Waals surface area contributed by atoms with Gasteiger partial charge in [0, 0.05) is 5.56 Å². The summed E-state index contributed by atoms with van der Waals surface area (Å²) < 4.78 is 5.47. The van der Waals surface area contributed by atoms with Crippen LogP contribution in [0.1, 0.15) is 11.1 Å². The second-order valence-corrected chi connectivity index (χ2v) is 5.90. The number of hydrogen-bond acceptors (Lipinski definition) is 3. The van der Waals surface area contributed by atoms with Gasteiger partial charge in [0.15, 0.2) is 0 Å². The van der Waals surface area contributed by atoms with E-state index in [0.717, 1.165) is 44.0 Å². The maximum atomic E-state index is 9.00. The zero-order valence-electron chi connectivity index (χ0n) is 13.5. The fraction of sp³-hybridized carbons (Fsp3) is 0.316. The van der Waals surface area contributed by atoms with Gasteiger partial charge in [0.25, 0.3) is 0 Å². The van der Waals surface area contributed by atoms with E-state index in [-0.39, 0.29) is 0 Å². The topological polar surface area (TPSA) is 40.7 Å². The van der Waals surface area contributed by atoms with E-state index in [1.807, 2.05) is 30.3 Å². The number of nitrogens with zero attached hydrogens (tertiary/aromatic N) is 2. The average molecular weight is 308 g/mol. The fourth-order valence-electron chi connectivity index (χ4n) is 3.17. The number of para-hydroxylation sites is 2. The Hall–Kier alpha value is -2.51. The summed E-state index contributed by atoms with van der Waals surface area (Å²) in [7, 11) is 1.72. The molecular formula is C19H22N3O+. The molecule has 23 heavy (non-hydrogen) atoms. The van der Waals surface area contributed by atoms with Crippen LogP contribution in [0.15, 0.2) is 48.5 Å². The van der Waals surface area contributed by atoms with Crippen molar-refractivity contribution in [2.24, 2.45) is 0 Å². The highest BCUT2D eigenvalue weighted by Crippen LogP contribution is 2.27. The van der Waals surface area contributed by atoms with Crippen LogP contribution < -0.4 is 14.5 Å². The van der Waals surface area contributed by atoms with Crippen molar-refractivity contribution in [2.75, 3.05) is 38.2 Å². The molecule has 2 aromatic carbocycles. The third-order valence-corrected chi connectivity index (χ3v) is 4.41. The smallest absolute Gasteiger partial charge is 0.142 e. The highest BCUT2D eigenvalue weighted by Gasteiger charge is 2.22. The molecule has 0 aromatic heterocycles. The molecule has 1 aliphatic heterocycles. The summed E-state index contributed by atoms with van der Waals surface area (Å²) in [5, 5.41) is 9.00. The first kappa shape index (κ1) is 15.4. The van der Waals surface area contributed by atoms with Crippen LogP contribution in [0.25, 0.3) is 0 Å². The number of nitriles is 1. The largest absolute Gasteiger partial charge is 0.495 e. The second kappa shape index (κ2) is 7.17. The zero-order valence-corrected chi connectivity index (χ0v) is 13.5. The first-order valence-electron chi connectivity index (χ1n) is 8.00. The SMILES string of the molecule is COc1ccccc1N1CC[NH+](Cc2cccc(C#N)c2)CC1. The molecule has 1 aliphatic rings. The standard InChI is InChI=1S/C19H21N3O/c1-23-19-8-3-2-7-18(19)22-11-9-21(10-12-22)15-17-6-4-5-16(13-17)14-20/h2-8,13H,9-12,15H2,1H3/p+1. The van der Waals surface area contributed by atoms with Gasteiger partial charge >= 0.3 is 0 Å². The predicted molar refractivity (Wildman–Crippen MR) is 90.8 cm³/mol. The van der Waals surface area contributed by atoms with Gasteiger partial charge in [-0.15, -0.1) is 0 Å². The van der Waals surface area contributed by atoms with Crippen LogP contribution in [0.3, 0.4) is 0 Å². The fourth-order valence-corrected chi connectivity index (χ4v) is 3.17. The van der Waals surface area contributed by atoms with Crippen molar-refractivity contribution in [3.8, 4) is 11.8 Å². The first-order valence-corrected chi connectivity index (χ1v) is 8.00. The van der Waals surface area contributed by atoms with Crippen LogP contribution in [0, 0.1) is 11.3 Å². The number of hydrogen-bond donors (Lipinski definition) is 1. The van der Waals surface area contributed by atoms with Gasteiger partial charge in [-0.1, -0.05) is 24.3 Å². The number of anilines is 1. The Bertz CT molecular complexity index is 700. The third kappa shape index (κ3) is 3.64. The number of ether oxygens (including phenoxy) is 1. The number of nitrogens with one attached hydrogen (secondary N) is 1. The van der Waals surface area contributed by atoms with E-state index in [4.69, 9.17) is 10.00 Å². The van der Waals surface area contributed by atoms with Gasteiger partial charge in [0.05, 0.1) is 50.6 Å². The monoisotopic (exact) mass is 308 g/mol. The highest BCUT2D eigenvalue weighted by atomic mass is 16.5. The number of quaternary nitrogens is 1. The number of rotatable bonds is 4. The molecule has 0 saturated carbocycles. The van der Waals surface area contributed by atoms with E-state index in [9.17, 15) is 0 Å². The molecule has 118 valence electrons. The maximum Gasteiger partial charge on any atom is 0.142 e. The first-order chi connectivity index (χ1) is 11.3. The van der Waals surface area contributed by atoms with E-state index in [0.29, 0.717) is 0 Å². The molecular weight excluding hydrogens is 286 g/mol. The number of methoxy groups -OCH3 is 1. The van der Waals surface area contributed by atoms with Gasteiger partial charge in [0.1, 0.15) is 12.3 Å². The molecule has 3 rings (SSSR count). The Kier molecular flexibility index (Phi) is 4.80. The lowest BCUT2D eigenvalue weighted by atomic mass is 10.1. The number of piperazine rings is 1. The van der Waals surface area contributed by atoms with Crippen molar-refractivity contribution in [3.63, 3.8) is 0 Å². The van der Waals surface area contributed by atoms with Crippen LogP contribution in [0.4, 0.5) is 5.69 Å². The summed E-state index contributed by atoms with van der Waals surface area (Å²) in [6, 6.07) is 18.4. The maximum absolute atomic E-state index is 9.00. The Morgan fingerprint density at radius 3 is 2.65 bits per heavy atom. The molecule has 0 amide bonds. The van der Waals surface area contributed by atoms with Gasteiger partial charge in [-0.3, -0.25) is 0 Å². The van der Waals surface area contributed by atoms with Crippen LogP contribution in [-0.4, -0.2) is 33.3 Å². The Morgan fingerprint density at radius 1 is 1.13 bits per heavy atom. The van der Waals surface area contributed by atoms with Crippen LogP contribution >= 0.6 is 0 Å². The van der Waals surface area contributed by atoms with Crippen molar-refractivity contribution >= 4 is 5.69 Å². The lowest BCUT2D eigenvalue weighted by molar-refractivity contribution is -0.914. The van der Waals surface area contributed by atoms with Crippen LogP contribution in [-0.2, 0) is 6.54 Å².